The molecule has 0 aliphatic heterocycles. The third-order valence-electron chi connectivity index (χ3n) is 8.05. The molecule has 1 heterocycles. The molecule has 5 rings (SSSR count). The molecule has 0 unspecified atom stereocenters. The maximum atomic E-state index is 4.81. The Balaban J connectivity index is 1.15. The largest absolute Gasteiger partial charge is 0.249 e. The van der Waals surface area contributed by atoms with E-state index in [2.05, 4.69) is 193 Å². The highest BCUT2D eigenvalue weighted by molar-refractivity contribution is 5.74. The van der Waals surface area contributed by atoms with Crippen LogP contribution in [0.1, 0.15) is 97.4 Å². The Kier molecular flexibility index (Phi) is 10.1. The van der Waals surface area contributed by atoms with E-state index in [1.54, 1.807) is 0 Å². The molecule has 0 bridgehead atoms. The number of benzene rings is 4. The van der Waals surface area contributed by atoms with Crippen molar-refractivity contribution in [3.63, 3.8) is 0 Å². The number of rotatable bonds is 8. The van der Waals surface area contributed by atoms with Crippen molar-refractivity contribution in [2.75, 3.05) is 0 Å². The summed E-state index contributed by atoms with van der Waals surface area (Å²) in [6.45, 7) is 13.5. The number of aromatic nitrogens is 1. The molecule has 230 valence electrons. The molecule has 1 aromatic heterocycles. The van der Waals surface area contributed by atoms with E-state index < -0.39 is 0 Å². The van der Waals surface area contributed by atoms with Gasteiger partial charge in [-0.15, -0.1) is 0 Å². The van der Waals surface area contributed by atoms with Crippen LogP contribution in [0.15, 0.2) is 115 Å². The van der Waals surface area contributed by atoms with Crippen molar-refractivity contribution < 1.29 is 0 Å². The first-order chi connectivity index (χ1) is 22.0. The van der Waals surface area contributed by atoms with Crippen LogP contribution in [0.5, 0.6) is 0 Å². The van der Waals surface area contributed by atoms with Crippen molar-refractivity contribution in [2.45, 2.75) is 52.4 Å². The maximum absolute atomic E-state index is 4.81. The lowest BCUT2D eigenvalue weighted by molar-refractivity contribution is 0.590. The number of hydrogen-bond donors (Lipinski definition) is 0. The van der Waals surface area contributed by atoms with Crippen LogP contribution in [0.25, 0.3) is 48.6 Å². The molecule has 0 aliphatic rings. The van der Waals surface area contributed by atoms with Gasteiger partial charge in [-0.05, 0) is 79.6 Å². The maximum Gasteiger partial charge on any atom is 0.0637 e. The van der Waals surface area contributed by atoms with Crippen LogP contribution in [0, 0.1) is 0 Å². The van der Waals surface area contributed by atoms with Gasteiger partial charge in [0.15, 0.2) is 0 Å². The third kappa shape index (κ3) is 9.49. The highest BCUT2D eigenvalue weighted by atomic mass is 14.7. The Bertz CT molecular complexity index is 1700. The second kappa shape index (κ2) is 14.4. The highest BCUT2D eigenvalue weighted by Gasteiger charge is 2.13. The number of nitrogens with zero attached hydrogens (tertiary/aromatic N) is 1. The molecule has 1 nitrogen and oxygen atoms in total. The lowest BCUT2D eigenvalue weighted by atomic mass is 9.86. The summed E-state index contributed by atoms with van der Waals surface area (Å²) in [5, 5.41) is 0. The number of hydrogen-bond acceptors (Lipinski definition) is 1. The molecule has 0 fully saturated rings. The van der Waals surface area contributed by atoms with Crippen LogP contribution >= 0.6 is 0 Å². The Morgan fingerprint density at radius 3 is 0.826 bits per heavy atom. The average Bonchev–Trinajstić information content (AvgIpc) is 3.05. The molecule has 5 aromatic rings. The van der Waals surface area contributed by atoms with Gasteiger partial charge in [0, 0.05) is 0 Å². The van der Waals surface area contributed by atoms with Crippen molar-refractivity contribution in [2.24, 2.45) is 0 Å². The minimum absolute atomic E-state index is 0.172. The van der Waals surface area contributed by atoms with Gasteiger partial charge in [0.05, 0.1) is 11.4 Å². The SMILES string of the molecule is CC(C)(C)c1ccc(/C=C/c2ccc(/C=C/c3cccc(/C=C/c4ccc(/C=C/c5ccc(C(C)(C)C)cc5)cc4)n3)cc2)cc1. The zero-order valence-electron chi connectivity index (χ0n) is 28.0. The Labute approximate surface area is 276 Å². The Hall–Kier alpha value is -5.01. The zero-order chi connectivity index (χ0) is 32.6. The Morgan fingerprint density at radius 2 is 0.565 bits per heavy atom. The first kappa shape index (κ1) is 32.4. The molecule has 0 spiro atoms. The molecule has 0 aliphatic carbocycles. The summed E-state index contributed by atoms with van der Waals surface area (Å²) in [5.74, 6) is 0. The van der Waals surface area contributed by atoms with Gasteiger partial charge in [-0.3, -0.25) is 0 Å². The summed E-state index contributed by atoms with van der Waals surface area (Å²) in [4.78, 5) is 4.81. The van der Waals surface area contributed by atoms with Crippen molar-refractivity contribution in [3.8, 4) is 0 Å². The van der Waals surface area contributed by atoms with E-state index in [4.69, 9.17) is 4.98 Å². The van der Waals surface area contributed by atoms with Crippen molar-refractivity contribution >= 4 is 48.6 Å². The zero-order valence-corrected chi connectivity index (χ0v) is 28.0. The van der Waals surface area contributed by atoms with Gasteiger partial charge in [-0.25, -0.2) is 4.98 Å². The van der Waals surface area contributed by atoms with E-state index in [1.165, 1.54) is 33.4 Å². The van der Waals surface area contributed by atoms with E-state index in [0.717, 1.165) is 22.5 Å². The van der Waals surface area contributed by atoms with Crippen LogP contribution in [0.4, 0.5) is 0 Å². The summed E-state index contributed by atoms with van der Waals surface area (Å²) >= 11 is 0. The van der Waals surface area contributed by atoms with Gasteiger partial charge in [-0.1, -0.05) is 181 Å². The minimum atomic E-state index is 0.172. The van der Waals surface area contributed by atoms with Gasteiger partial charge in [-0.2, -0.15) is 0 Å². The summed E-state index contributed by atoms with van der Waals surface area (Å²) in [6.07, 6.45) is 17.0. The second-order valence-corrected chi connectivity index (χ2v) is 13.9. The van der Waals surface area contributed by atoms with Gasteiger partial charge in [0.25, 0.3) is 0 Å². The fourth-order valence-electron chi connectivity index (χ4n) is 5.03. The second-order valence-electron chi connectivity index (χ2n) is 13.9. The topological polar surface area (TPSA) is 12.9 Å². The fraction of sp³-hybridized carbons (Fsp3) is 0.178. The van der Waals surface area contributed by atoms with E-state index in [1.807, 2.05) is 12.1 Å². The lowest BCUT2D eigenvalue weighted by Gasteiger charge is -2.18. The smallest absolute Gasteiger partial charge is 0.0637 e. The Morgan fingerprint density at radius 1 is 0.326 bits per heavy atom. The molecule has 0 amide bonds. The molecule has 0 saturated carbocycles. The van der Waals surface area contributed by atoms with E-state index in [0.29, 0.717) is 0 Å². The van der Waals surface area contributed by atoms with Crippen LogP contribution < -0.4 is 0 Å². The van der Waals surface area contributed by atoms with Crippen LogP contribution in [-0.4, -0.2) is 4.98 Å². The predicted molar refractivity (Wildman–Crippen MR) is 203 cm³/mol. The molecule has 1 heteroatoms. The van der Waals surface area contributed by atoms with E-state index in [9.17, 15) is 0 Å². The quantitative estimate of drug-likeness (QED) is 0.162. The lowest BCUT2D eigenvalue weighted by Crippen LogP contribution is -2.10. The average molecular weight is 600 g/mol. The molecular formula is C45H45N. The molecule has 46 heavy (non-hydrogen) atoms. The van der Waals surface area contributed by atoms with E-state index >= 15 is 0 Å². The molecule has 0 N–H and O–H groups in total. The van der Waals surface area contributed by atoms with Gasteiger partial charge in [0.1, 0.15) is 0 Å². The van der Waals surface area contributed by atoms with Gasteiger partial charge >= 0.3 is 0 Å². The van der Waals surface area contributed by atoms with Crippen LogP contribution in [-0.2, 0) is 10.8 Å². The first-order valence-corrected chi connectivity index (χ1v) is 16.1. The van der Waals surface area contributed by atoms with Gasteiger partial charge < -0.3 is 0 Å². The fourth-order valence-corrected chi connectivity index (χ4v) is 5.03. The minimum Gasteiger partial charge on any atom is -0.249 e. The predicted octanol–water partition coefficient (Wildman–Crippen LogP) is 12.4. The van der Waals surface area contributed by atoms with Crippen molar-refractivity contribution in [1.82, 2.24) is 4.98 Å². The van der Waals surface area contributed by atoms with Crippen molar-refractivity contribution in [1.29, 1.82) is 0 Å². The standard InChI is InChI=1S/C45H45N/c1-44(2,3)40-28-22-38(23-29-40)20-14-34-10-16-36(17-11-34)26-32-42-8-7-9-43(46-42)33-27-37-18-12-35(13-19-37)15-21-39-24-30-41(31-25-39)45(4,5)6/h7-33H,1-6H3/b20-14+,21-15+,32-26+,33-27+. The molecule has 4 aromatic carbocycles. The summed E-state index contributed by atoms with van der Waals surface area (Å²) in [7, 11) is 0. The monoisotopic (exact) mass is 599 g/mol. The van der Waals surface area contributed by atoms with Crippen molar-refractivity contribution in [3.05, 3.63) is 171 Å². The molecular weight excluding hydrogens is 555 g/mol. The highest BCUT2D eigenvalue weighted by Crippen LogP contribution is 2.24. The van der Waals surface area contributed by atoms with Crippen LogP contribution in [0.3, 0.4) is 0 Å². The normalized spacial score (nSPS) is 12.7. The molecule has 0 atom stereocenters. The summed E-state index contributed by atoms with van der Waals surface area (Å²) in [5.41, 5.74) is 12.0. The first-order valence-electron chi connectivity index (χ1n) is 16.1. The number of pyridine rings is 1. The third-order valence-corrected chi connectivity index (χ3v) is 8.05. The summed E-state index contributed by atoms with van der Waals surface area (Å²) in [6, 6.07) is 40.9. The summed E-state index contributed by atoms with van der Waals surface area (Å²) < 4.78 is 0. The van der Waals surface area contributed by atoms with Crippen LogP contribution in [0.2, 0.25) is 0 Å². The molecule has 0 saturated heterocycles. The van der Waals surface area contributed by atoms with Gasteiger partial charge in [0.2, 0.25) is 0 Å². The van der Waals surface area contributed by atoms with E-state index in [-0.39, 0.29) is 10.8 Å². The molecule has 0 radical (unpaired) electrons.